The second kappa shape index (κ2) is 4.88. The zero-order valence-corrected chi connectivity index (χ0v) is 5.49. The standard InChI is InChI=1S/C6H10ClN/c1-2-3-6(7)4-5-8/h2-3H,1,4-5,8H2/b6-3+. The van der Waals surface area contributed by atoms with Gasteiger partial charge in [-0.15, -0.1) is 0 Å². The summed E-state index contributed by atoms with van der Waals surface area (Å²) in [6.07, 6.45) is 4.14. The zero-order chi connectivity index (χ0) is 6.41. The van der Waals surface area contributed by atoms with Gasteiger partial charge in [0, 0.05) is 5.03 Å². The molecule has 0 aliphatic rings. The van der Waals surface area contributed by atoms with E-state index in [1.54, 1.807) is 12.2 Å². The summed E-state index contributed by atoms with van der Waals surface area (Å²) in [4.78, 5) is 0. The molecule has 0 aromatic carbocycles. The predicted octanol–water partition coefficient (Wildman–Crippen LogP) is 1.64. The summed E-state index contributed by atoms with van der Waals surface area (Å²) in [5, 5.41) is 0.766. The molecule has 0 fully saturated rings. The molecule has 0 aromatic rings. The summed E-state index contributed by atoms with van der Waals surface area (Å²) in [6, 6.07) is 0. The van der Waals surface area contributed by atoms with Gasteiger partial charge in [0.25, 0.3) is 0 Å². The quantitative estimate of drug-likeness (QED) is 0.579. The highest BCUT2D eigenvalue weighted by atomic mass is 35.5. The number of rotatable bonds is 3. The monoisotopic (exact) mass is 131 g/mol. The molecule has 46 valence electrons. The van der Waals surface area contributed by atoms with Crippen LogP contribution in [0.4, 0.5) is 0 Å². The van der Waals surface area contributed by atoms with E-state index in [0.29, 0.717) is 6.54 Å². The predicted molar refractivity (Wildman–Crippen MR) is 37.8 cm³/mol. The molecule has 0 atom stereocenters. The first kappa shape index (κ1) is 7.73. The maximum Gasteiger partial charge on any atom is 0.0193 e. The number of halogens is 1. The Hall–Kier alpha value is -0.270. The van der Waals surface area contributed by atoms with Crippen molar-refractivity contribution in [2.45, 2.75) is 6.42 Å². The first-order valence-corrected chi connectivity index (χ1v) is 2.86. The third-order valence-corrected chi connectivity index (χ3v) is 0.997. The molecule has 0 spiro atoms. The van der Waals surface area contributed by atoms with Crippen molar-refractivity contribution in [2.24, 2.45) is 5.73 Å². The molecule has 0 amide bonds. The minimum atomic E-state index is 0.600. The number of nitrogens with two attached hydrogens (primary N) is 1. The maximum absolute atomic E-state index is 5.59. The minimum Gasteiger partial charge on any atom is -0.330 e. The van der Waals surface area contributed by atoms with E-state index in [9.17, 15) is 0 Å². The average Bonchev–Trinajstić information content (AvgIpc) is 1.68. The third kappa shape index (κ3) is 3.90. The van der Waals surface area contributed by atoms with Gasteiger partial charge in [-0.3, -0.25) is 0 Å². The Bertz CT molecular complexity index is 96.7. The number of hydrogen-bond donors (Lipinski definition) is 1. The Morgan fingerprint density at radius 3 is 2.75 bits per heavy atom. The summed E-state index contributed by atoms with van der Waals surface area (Å²) < 4.78 is 0. The fourth-order valence-corrected chi connectivity index (χ4v) is 0.547. The molecule has 0 bridgehead atoms. The van der Waals surface area contributed by atoms with E-state index in [2.05, 4.69) is 6.58 Å². The van der Waals surface area contributed by atoms with Crippen LogP contribution in [0.2, 0.25) is 0 Å². The lowest BCUT2D eigenvalue weighted by Gasteiger charge is -1.89. The third-order valence-electron chi connectivity index (χ3n) is 0.682. The van der Waals surface area contributed by atoms with Crippen LogP contribution in [-0.2, 0) is 0 Å². The lowest BCUT2D eigenvalue weighted by Crippen LogP contribution is -1.97. The van der Waals surface area contributed by atoms with Gasteiger partial charge in [0.2, 0.25) is 0 Å². The summed E-state index contributed by atoms with van der Waals surface area (Å²) >= 11 is 5.59. The number of hydrogen-bond acceptors (Lipinski definition) is 1. The van der Waals surface area contributed by atoms with E-state index in [0.717, 1.165) is 11.5 Å². The van der Waals surface area contributed by atoms with Gasteiger partial charge < -0.3 is 5.73 Å². The van der Waals surface area contributed by atoms with E-state index in [1.807, 2.05) is 0 Å². The van der Waals surface area contributed by atoms with Gasteiger partial charge in [0.1, 0.15) is 0 Å². The highest BCUT2D eigenvalue weighted by molar-refractivity contribution is 6.29. The van der Waals surface area contributed by atoms with Crippen molar-refractivity contribution in [3.63, 3.8) is 0 Å². The van der Waals surface area contributed by atoms with Gasteiger partial charge in [-0.2, -0.15) is 0 Å². The molecule has 2 N–H and O–H groups in total. The molecule has 0 unspecified atom stereocenters. The molecule has 0 aliphatic heterocycles. The molecule has 0 heterocycles. The zero-order valence-electron chi connectivity index (χ0n) is 4.73. The molecule has 0 radical (unpaired) electrons. The van der Waals surface area contributed by atoms with Crippen molar-refractivity contribution in [1.29, 1.82) is 0 Å². The smallest absolute Gasteiger partial charge is 0.0193 e. The van der Waals surface area contributed by atoms with Crippen LogP contribution in [0, 0.1) is 0 Å². The van der Waals surface area contributed by atoms with E-state index < -0.39 is 0 Å². The molecular formula is C6H10ClN. The first-order chi connectivity index (χ1) is 3.81. The van der Waals surface area contributed by atoms with Gasteiger partial charge in [-0.25, -0.2) is 0 Å². The lowest BCUT2D eigenvalue weighted by molar-refractivity contribution is 0.993. The fourth-order valence-electron chi connectivity index (χ4n) is 0.349. The Morgan fingerprint density at radius 1 is 1.75 bits per heavy atom. The fraction of sp³-hybridized carbons (Fsp3) is 0.333. The highest BCUT2D eigenvalue weighted by Crippen LogP contribution is 2.03. The van der Waals surface area contributed by atoms with Gasteiger partial charge in [0.15, 0.2) is 0 Å². The van der Waals surface area contributed by atoms with Crippen LogP contribution in [0.3, 0.4) is 0 Å². The Balaban J connectivity index is 3.44. The van der Waals surface area contributed by atoms with Gasteiger partial charge in [-0.05, 0) is 19.0 Å². The topological polar surface area (TPSA) is 26.0 Å². The highest BCUT2D eigenvalue weighted by Gasteiger charge is 1.84. The summed E-state index contributed by atoms with van der Waals surface area (Å²) in [5.41, 5.74) is 5.20. The van der Waals surface area contributed by atoms with Crippen molar-refractivity contribution in [3.05, 3.63) is 23.8 Å². The Morgan fingerprint density at radius 2 is 2.38 bits per heavy atom. The van der Waals surface area contributed by atoms with E-state index in [4.69, 9.17) is 17.3 Å². The van der Waals surface area contributed by atoms with E-state index >= 15 is 0 Å². The second-order valence-electron chi connectivity index (χ2n) is 1.39. The Kier molecular flexibility index (Phi) is 4.71. The van der Waals surface area contributed by atoms with E-state index in [1.165, 1.54) is 0 Å². The first-order valence-electron chi connectivity index (χ1n) is 2.48. The van der Waals surface area contributed by atoms with Crippen molar-refractivity contribution < 1.29 is 0 Å². The molecular weight excluding hydrogens is 122 g/mol. The summed E-state index contributed by atoms with van der Waals surface area (Å²) in [7, 11) is 0. The van der Waals surface area contributed by atoms with Crippen LogP contribution in [0.5, 0.6) is 0 Å². The second-order valence-corrected chi connectivity index (χ2v) is 1.87. The SMILES string of the molecule is C=C/C=C(/Cl)CCN. The van der Waals surface area contributed by atoms with Crippen LogP contribution < -0.4 is 5.73 Å². The molecule has 0 aromatic heterocycles. The van der Waals surface area contributed by atoms with Gasteiger partial charge in [0.05, 0.1) is 0 Å². The molecule has 2 heteroatoms. The van der Waals surface area contributed by atoms with E-state index in [-0.39, 0.29) is 0 Å². The van der Waals surface area contributed by atoms with Crippen molar-refractivity contribution in [1.82, 2.24) is 0 Å². The molecule has 1 nitrogen and oxygen atoms in total. The molecule has 0 rings (SSSR count). The van der Waals surface area contributed by atoms with Crippen molar-refractivity contribution in [3.8, 4) is 0 Å². The Labute approximate surface area is 54.8 Å². The molecule has 0 saturated carbocycles. The van der Waals surface area contributed by atoms with Crippen LogP contribution in [0.15, 0.2) is 23.8 Å². The van der Waals surface area contributed by atoms with Crippen molar-refractivity contribution >= 4 is 11.6 Å². The molecule has 0 aliphatic carbocycles. The van der Waals surface area contributed by atoms with Crippen LogP contribution in [0.25, 0.3) is 0 Å². The largest absolute Gasteiger partial charge is 0.330 e. The minimum absolute atomic E-state index is 0.600. The average molecular weight is 132 g/mol. The summed E-state index contributed by atoms with van der Waals surface area (Å²) in [6.45, 7) is 4.08. The van der Waals surface area contributed by atoms with Gasteiger partial charge >= 0.3 is 0 Å². The van der Waals surface area contributed by atoms with Crippen LogP contribution in [-0.4, -0.2) is 6.54 Å². The van der Waals surface area contributed by atoms with Crippen LogP contribution in [0.1, 0.15) is 6.42 Å². The molecule has 0 saturated heterocycles. The number of allylic oxidation sites excluding steroid dienone is 2. The van der Waals surface area contributed by atoms with Gasteiger partial charge in [-0.1, -0.05) is 24.3 Å². The summed E-state index contributed by atoms with van der Waals surface area (Å²) in [5.74, 6) is 0. The maximum atomic E-state index is 5.59. The normalized spacial score (nSPS) is 11.5. The molecule has 8 heavy (non-hydrogen) atoms. The lowest BCUT2D eigenvalue weighted by atomic mass is 10.4. The van der Waals surface area contributed by atoms with Crippen LogP contribution >= 0.6 is 11.6 Å². The van der Waals surface area contributed by atoms with Crippen molar-refractivity contribution in [2.75, 3.05) is 6.54 Å².